The van der Waals surface area contributed by atoms with Gasteiger partial charge in [-0.25, -0.2) is 9.97 Å². The molecule has 1 fully saturated rings. The Kier molecular flexibility index (Phi) is 4.23. The third kappa shape index (κ3) is 3.10. The van der Waals surface area contributed by atoms with Crippen LogP contribution in [0.1, 0.15) is 18.2 Å². The Balaban J connectivity index is 2.13. The Labute approximate surface area is 107 Å². The molecule has 2 rings (SSSR count). The number of thioether (sulfide) groups is 1. The Morgan fingerprint density at radius 2 is 2.41 bits per heavy atom. The van der Waals surface area contributed by atoms with E-state index in [2.05, 4.69) is 34.0 Å². The molecule has 1 saturated heterocycles. The van der Waals surface area contributed by atoms with Crippen molar-refractivity contribution in [3.8, 4) is 0 Å². The SMILES string of the molecule is CNCc1cnc(N2CCSC(C)C2)nc1C. The first kappa shape index (κ1) is 12.6. The van der Waals surface area contributed by atoms with E-state index < -0.39 is 0 Å². The molecule has 1 aliphatic rings. The van der Waals surface area contributed by atoms with Gasteiger partial charge >= 0.3 is 0 Å². The molecule has 0 amide bonds. The summed E-state index contributed by atoms with van der Waals surface area (Å²) in [5.41, 5.74) is 2.26. The molecule has 0 radical (unpaired) electrons. The van der Waals surface area contributed by atoms with Crippen LogP contribution in [0.2, 0.25) is 0 Å². The summed E-state index contributed by atoms with van der Waals surface area (Å²) in [5.74, 6) is 2.05. The van der Waals surface area contributed by atoms with Crippen molar-refractivity contribution in [3.05, 3.63) is 17.5 Å². The van der Waals surface area contributed by atoms with Gasteiger partial charge in [-0.15, -0.1) is 0 Å². The minimum atomic E-state index is 0.671. The highest BCUT2D eigenvalue weighted by Crippen LogP contribution is 2.21. The van der Waals surface area contributed by atoms with Crippen LogP contribution in [0.3, 0.4) is 0 Å². The van der Waals surface area contributed by atoms with Crippen molar-refractivity contribution in [1.29, 1.82) is 0 Å². The number of hydrogen-bond donors (Lipinski definition) is 1. The Morgan fingerprint density at radius 1 is 1.59 bits per heavy atom. The molecule has 0 spiro atoms. The zero-order valence-electron chi connectivity index (χ0n) is 10.7. The van der Waals surface area contributed by atoms with Crippen LogP contribution in [0.25, 0.3) is 0 Å². The van der Waals surface area contributed by atoms with Crippen LogP contribution in [0.4, 0.5) is 5.95 Å². The third-order valence-corrected chi connectivity index (χ3v) is 4.10. The lowest BCUT2D eigenvalue weighted by Gasteiger charge is -2.30. The van der Waals surface area contributed by atoms with Crippen LogP contribution in [-0.2, 0) is 6.54 Å². The number of aryl methyl sites for hydroxylation is 1. The first-order chi connectivity index (χ1) is 8.20. The molecule has 0 bridgehead atoms. The molecule has 94 valence electrons. The van der Waals surface area contributed by atoms with Gasteiger partial charge in [-0.1, -0.05) is 6.92 Å². The first-order valence-corrected chi connectivity index (χ1v) is 7.09. The molecule has 4 nitrogen and oxygen atoms in total. The van der Waals surface area contributed by atoms with Gasteiger partial charge in [0, 0.05) is 48.1 Å². The number of aromatic nitrogens is 2. The van der Waals surface area contributed by atoms with E-state index in [9.17, 15) is 0 Å². The van der Waals surface area contributed by atoms with Gasteiger partial charge in [0.1, 0.15) is 0 Å². The van der Waals surface area contributed by atoms with Gasteiger partial charge in [0.05, 0.1) is 0 Å². The summed E-state index contributed by atoms with van der Waals surface area (Å²) < 4.78 is 0. The van der Waals surface area contributed by atoms with Crippen LogP contribution in [0.5, 0.6) is 0 Å². The molecule has 0 aliphatic carbocycles. The van der Waals surface area contributed by atoms with Crippen molar-refractivity contribution in [2.24, 2.45) is 0 Å². The second kappa shape index (κ2) is 5.69. The summed E-state index contributed by atoms with van der Waals surface area (Å²) in [6.45, 7) is 7.26. The molecule has 1 unspecified atom stereocenters. The third-order valence-electron chi connectivity index (χ3n) is 2.96. The number of anilines is 1. The Bertz CT molecular complexity index is 383. The second-order valence-corrected chi connectivity index (χ2v) is 5.98. The molecule has 1 aromatic heterocycles. The molecule has 5 heteroatoms. The maximum Gasteiger partial charge on any atom is 0.225 e. The number of rotatable bonds is 3. The molecule has 1 aromatic rings. The van der Waals surface area contributed by atoms with Crippen molar-refractivity contribution >= 4 is 17.7 Å². The quantitative estimate of drug-likeness (QED) is 0.882. The van der Waals surface area contributed by atoms with Crippen molar-refractivity contribution in [1.82, 2.24) is 15.3 Å². The average Bonchev–Trinajstić information content (AvgIpc) is 2.32. The molecule has 1 atom stereocenters. The molecule has 0 aromatic carbocycles. The fourth-order valence-electron chi connectivity index (χ4n) is 2.00. The standard InChI is InChI=1S/C12H20N4S/c1-9-8-16(4-5-17-9)12-14-7-11(6-13-3)10(2)15-12/h7,9,13H,4-6,8H2,1-3H3. The second-order valence-electron chi connectivity index (χ2n) is 4.44. The van der Waals surface area contributed by atoms with Gasteiger partial charge in [-0.3, -0.25) is 0 Å². The monoisotopic (exact) mass is 252 g/mol. The fraction of sp³-hybridized carbons (Fsp3) is 0.667. The zero-order valence-corrected chi connectivity index (χ0v) is 11.5. The molecule has 2 heterocycles. The average molecular weight is 252 g/mol. The lowest BCUT2D eigenvalue weighted by Crippen LogP contribution is -2.37. The number of nitrogens with one attached hydrogen (secondary N) is 1. The van der Waals surface area contributed by atoms with Crippen LogP contribution in [0.15, 0.2) is 6.20 Å². The minimum absolute atomic E-state index is 0.671. The van der Waals surface area contributed by atoms with E-state index in [4.69, 9.17) is 0 Å². The van der Waals surface area contributed by atoms with Crippen LogP contribution in [0, 0.1) is 6.92 Å². The van der Waals surface area contributed by atoms with Crippen molar-refractivity contribution < 1.29 is 0 Å². The Hall–Kier alpha value is -0.810. The lowest BCUT2D eigenvalue weighted by molar-refractivity contribution is 0.741. The van der Waals surface area contributed by atoms with Gasteiger partial charge in [0.25, 0.3) is 0 Å². The summed E-state index contributed by atoms with van der Waals surface area (Å²) in [6.07, 6.45) is 1.95. The predicted molar refractivity (Wildman–Crippen MR) is 73.7 cm³/mol. The van der Waals surface area contributed by atoms with E-state index in [0.717, 1.165) is 31.3 Å². The van der Waals surface area contributed by atoms with Crippen molar-refractivity contribution in [2.45, 2.75) is 25.6 Å². The highest BCUT2D eigenvalue weighted by atomic mass is 32.2. The van der Waals surface area contributed by atoms with Gasteiger partial charge in [0.15, 0.2) is 0 Å². The highest BCUT2D eigenvalue weighted by molar-refractivity contribution is 8.00. The van der Waals surface area contributed by atoms with E-state index in [1.165, 1.54) is 11.3 Å². The molecule has 0 saturated carbocycles. The van der Waals surface area contributed by atoms with E-state index in [1.807, 2.05) is 25.0 Å². The van der Waals surface area contributed by atoms with E-state index in [0.29, 0.717) is 5.25 Å². The summed E-state index contributed by atoms with van der Waals surface area (Å²) in [5, 5.41) is 3.80. The molecule has 1 N–H and O–H groups in total. The summed E-state index contributed by atoms with van der Waals surface area (Å²) in [4.78, 5) is 11.4. The van der Waals surface area contributed by atoms with Gasteiger partial charge in [0.2, 0.25) is 5.95 Å². The van der Waals surface area contributed by atoms with E-state index in [-0.39, 0.29) is 0 Å². The molecular formula is C12H20N4S. The van der Waals surface area contributed by atoms with Crippen LogP contribution >= 0.6 is 11.8 Å². The van der Waals surface area contributed by atoms with Crippen molar-refractivity contribution in [3.63, 3.8) is 0 Å². The van der Waals surface area contributed by atoms with Gasteiger partial charge in [-0.05, 0) is 14.0 Å². The first-order valence-electron chi connectivity index (χ1n) is 6.04. The molecule has 1 aliphatic heterocycles. The summed E-state index contributed by atoms with van der Waals surface area (Å²) in [7, 11) is 1.94. The maximum atomic E-state index is 4.62. The lowest BCUT2D eigenvalue weighted by atomic mass is 10.2. The predicted octanol–water partition coefficient (Wildman–Crippen LogP) is 1.45. The van der Waals surface area contributed by atoms with E-state index >= 15 is 0 Å². The highest BCUT2D eigenvalue weighted by Gasteiger charge is 2.19. The zero-order chi connectivity index (χ0) is 12.3. The maximum absolute atomic E-state index is 4.62. The summed E-state index contributed by atoms with van der Waals surface area (Å²) >= 11 is 2.02. The summed E-state index contributed by atoms with van der Waals surface area (Å²) in [6, 6.07) is 0. The molecular weight excluding hydrogens is 232 g/mol. The van der Waals surface area contributed by atoms with Gasteiger partial charge < -0.3 is 10.2 Å². The van der Waals surface area contributed by atoms with Crippen LogP contribution < -0.4 is 10.2 Å². The fourth-order valence-corrected chi connectivity index (χ4v) is 3.01. The molecule has 17 heavy (non-hydrogen) atoms. The normalized spacial score (nSPS) is 20.6. The minimum Gasteiger partial charge on any atom is -0.339 e. The smallest absolute Gasteiger partial charge is 0.225 e. The number of hydrogen-bond acceptors (Lipinski definition) is 5. The Morgan fingerprint density at radius 3 is 3.06 bits per heavy atom. The van der Waals surface area contributed by atoms with Gasteiger partial charge in [-0.2, -0.15) is 11.8 Å². The van der Waals surface area contributed by atoms with Crippen LogP contribution in [-0.4, -0.2) is 41.1 Å². The topological polar surface area (TPSA) is 41.1 Å². The van der Waals surface area contributed by atoms with E-state index in [1.54, 1.807) is 0 Å². The van der Waals surface area contributed by atoms with Crippen molar-refractivity contribution in [2.75, 3.05) is 30.8 Å². The largest absolute Gasteiger partial charge is 0.339 e. The number of nitrogens with zero attached hydrogens (tertiary/aromatic N) is 3.